The molecular weight excluding hydrogens is 324 g/mol. The number of anilines is 2. The first-order chi connectivity index (χ1) is 11.7. The number of ether oxygens (including phenoxy) is 2. The molecule has 0 aliphatic carbocycles. The molecule has 1 aliphatic rings. The summed E-state index contributed by atoms with van der Waals surface area (Å²) in [6, 6.07) is 5.41. The van der Waals surface area contributed by atoms with Crippen LogP contribution in [0.2, 0.25) is 0 Å². The highest BCUT2D eigenvalue weighted by Gasteiger charge is 2.35. The Hall–Kier alpha value is -2.83. The van der Waals surface area contributed by atoms with E-state index in [4.69, 9.17) is 0 Å². The molecule has 7 heteroatoms. The van der Waals surface area contributed by atoms with Gasteiger partial charge in [0.15, 0.2) is 0 Å². The van der Waals surface area contributed by atoms with E-state index in [-0.39, 0.29) is 17.0 Å². The molecule has 134 valence electrons. The maximum absolute atomic E-state index is 12.1. The number of nitrogens with one attached hydrogen (secondary N) is 1. The third kappa shape index (κ3) is 3.81. The largest absolute Gasteiger partial charge is 0.466 e. The summed E-state index contributed by atoms with van der Waals surface area (Å²) in [5, 5.41) is 2.89. The molecule has 0 unspecified atom stereocenters. The number of hydrogen-bond acceptors (Lipinski definition) is 6. The summed E-state index contributed by atoms with van der Waals surface area (Å²) in [6.45, 7) is 3.98. The predicted molar refractivity (Wildman–Crippen MR) is 93.2 cm³/mol. The second-order valence-electron chi connectivity index (χ2n) is 6.44. The minimum atomic E-state index is -0.685. The van der Waals surface area contributed by atoms with Crippen LogP contribution in [-0.2, 0) is 29.3 Å². The molecule has 0 fully saturated rings. The number of rotatable bonds is 4. The van der Waals surface area contributed by atoms with Crippen molar-refractivity contribution in [3.8, 4) is 0 Å². The average Bonchev–Trinajstić information content (AvgIpc) is 2.58. The molecule has 0 radical (unpaired) electrons. The van der Waals surface area contributed by atoms with Crippen LogP contribution in [0.4, 0.5) is 11.4 Å². The van der Waals surface area contributed by atoms with E-state index in [0.29, 0.717) is 12.1 Å². The molecule has 1 aromatic carbocycles. The number of carbonyl (C=O) groups is 3. The zero-order valence-corrected chi connectivity index (χ0v) is 15.0. The van der Waals surface area contributed by atoms with Gasteiger partial charge in [-0.05, 0) is 23.8 Å². The summed E-state index contributed by atoms with van der Waals surface area (Å²) in [5.74, 6) is -1.30. The van der Waals surface area contributed by atoms with Gasteiger partial charge in [0.05, 0.1) is 20.3 Å². The molecule has 0 saturated carbocycles. The second-order valence-corrected chi connectivity index (χ2v) is 6.44. The minimum absolute atomic E-state index is 0.0349. The van der Waals surface area contributed by atoms with Crippen LogP contribution >= 0.6 is 0 Å². The summed E-state index contributed by atoms with van der Waals surface area (Å²) in [5.41, 5.74) is 2.03. The summed E-state index contributed by atoms with van der Waals surface area (Å²) < 4.78 is 9.24. The van der Waals surface area contributed by atoms with Crippen molar-refractivity contribution in [1.29, 1.82) is 0 Å². The smallest absolute Gasteiger partial charge is 0.354 e. The van der Waals surface area contributed by atoms with Crippen molar-refractivity contribution in [1.82, 2.24) is 0 Å². The molecule has 0 bridgehead atoms. The number of methoxy groups -OCH3 is 2. The van der Waals surface area contributed by atoms with Crippen molar-refractivity contribution >= 4 is 29.2 Å². The lowest BCUT2D eigenvalue weighted by atomic mass is 9.77. The molecule has 0 saturated heterocycles. The Balaban J connectivity index is 2.41. The van der Waals surface area contributed by atoms with Gasteiger partial charge in [0.2, 0.25) is 5.91 Å². The lowest BCUT2D eigenvalue weighted by molar-refractivity contribution is -0.138. The van der Waals surface area contributed by atoms with E-state index in [2.05, 4.69) is 14.8 Å². The zero-order chi connectivity index (χ0) is 18.8. The van der Waals surface area contributed by atoms with Gasteiger partial charge in [0.25, 0.3) is 0 Å². The Bertz CT molecular complexity index is 752. The fourth-order valence-corrected chi connectivity index (χ4v) is 2.76. The van der Waals surface area contributed by atoms with Crippen molar-refractivity contribution in [3.63, 3.8) is 0 Å². The number of nitrogens with zero attached hydrogens (tertiary/aromatic N) is 1. The Morgan fingerprint density at radius 2 is 1.92 bits per heavy atom. The van der Waals surface area contributed by atoms with Crippen LogP contribution < -0.4 is 10.2 Å². The third-order valence-electron chi connectivity index (χ3n) is 4.20. The first-order valence-electron chi connectivity index (χ1n) is 7.75. The summed E-state index contributed by atoms with van der Waals surface area (Å²) in [4.78, 5) is 37.0. The van der Waals surface area contributed by atoms with E-state index >= 15 is 0 Å². The van der Waals surface area contributed by atoms with Crippen molar-refractivity contribution in [3.05, 3.63) is 35.5 Å². The lowest BCUT2D eigenvalue weighted by Crippen LogP contribution is -2.39. The van der Waals surface area contributed by atoms with Crippen LogP contribution in [0.15, 0.2) is 30.0 Å². The predicted octanol–water partition coefficient (Wildman–Crippen LogP) is 1.97. The molecule has 7 nitrogen and oxygen atoms in total. The molecule has 0 aromatic heterocycles. The van der Waals surface area contributed by atoms with Gasteiger partial charge in [-0.25, -0.2) is 9.59 Å². The van der Waals surface area contributed by atoms with Crippen LogP contribution in [0.25, 0.3) is 0 Å². The SMILES string of the molecule is COC(=O)/C=C(/Nc1ccc2c(c1)C(C)(C)CC(=O)N2C)C(=O)OC. The monoisotopic (exact) mass is 346 g/mol. The molecule has 1 N–H and O–H groups in total. The zero-order valence-electron chi connectivity index (χ0n) is 15.0. The van der Waals surface area contributed by atoms with Gasteiger partial charge in [-0.15, -0.1) is 0 Å². The topological polar surface area (TPSA) is 84.9 Å². The molecule has 2 rings (SSSR count). The van der Waals surface area contributed by atoms with Gasteiger partial charge >= 0.3 is 11.9 Å². The number of carbonyl (C=O) groups excluding carboxylic acids is 3. The number of fused-ring (bicyclic) bond motifs is 1. The Morgan fingerprint density at radius 1 is 1.24 bits per heavy atom. The molecule has 1 aromatic rings. The second kappa shape index (κ2) is 6.96. The Kier molecular flexibility index (Phi) is 5.15. The standard InChI is InChI=1S/C18H22N2O5/c1-18(2)10-15(21)20(3)14-7-6-11(8-12(14)18)19-13(17(23)25-5)9-16(22)24-4/h6-9,19H,10H2,1-5H3/b13-9+. The molecule has 1 aliphatic heterocycles. The molecular formula is C18H22N2O5. The van der Waals surface area contributed by atoms with Crippen molar-refractivity contribution in [2.45, 2.75) is 25.7 Å². The highest BCUT2D eigenvalue weighted by Crippen LogP contribution is 2.41. The van der Waals surface area contributed by atoms with Gasteiger partial charge in [0, 0.05) is 30.3 Å². The van der Waals surface area contributed by atoms with E-state index in [0.717, 1.165) is 17.3 Å². The highest BCUT2D eigenvalue weighted by atomic mass is 16.5. The maximum Gasteiger partial charge on any atom is 0.354 e. The maximum atomic E-state index is 12.1. The number of hydrogen-bond donors (Lipinski definition) is 1. The molecule has 1 amide bonds. The summed E-state index contributed by atoms with van der Waals surface area (Å²) in [6.07, 6.45) is 1.42. The van der Waals surface area contributed by atoms with Gasteiger partial charge < -0.3 is 19.7 Å². The van der Waals surface area contributed by atoms with Crippen molar-refractivity contribution < 1.29 is 23.9 Å². The van der Waals surface area contributed by atoms with Gasteiger partial charge in [-0.1, -0.05) is 13.8 Å². The molecule has 25 heavy (non-hydrogen) atoms. The van der Waals surface area contributed by atoms with Crippen LogP contribution in [0.1, 0.15) is 25.8 Å². The summed E-state index contributed by atoms with van der Waals surface area (Å²) >= 11 is 0. The van der Waals surface area contributed by atoms with Gasteiger partial charge in [0.1, 0.15) is 5.70 Å². The van der Waals surface area contributed by atoms with Crippen LogP contribution in [0.3, 0.4) is 0 Å². The Morgan fingerprint density at radius 3 is 2.52 bits per heavy atom. The lowest BCUT2D eigenvalue weighted by Gasteiger charge is -2.37. The highest BCUT2D eigenvalue weighted by molar-refractivity contribution is 6.00. The average molecular weight is 346 g/mol. The van der Waals surface area contributed by atoms with Crippen LogP contribution in [0, 0.1) is 0 Å². The molecule has 0 atom stereocenters. The first-order valence-corrected chi connectivity index (χ1v) is 7.75. The van der Waals surface area contributed by atoms with Crippen molar-refractivity contribution in [2.24, 2.45) is 0 Å². The van der Waals surface area contributed by atoms with Crippen LogP contribution in [0.5, 0.6) is 0 Å². The summed E-state index contributed by atoms with van der Waals surface area (Å²) in [7, 11) is 4.19. The molecule has 0 spiro atoms. The van der Waals surface area contributed by atoms with Crippen LogP contribution in [-0.4, -0.2) is 39.1 Å². The minimum Gasteiger partial charge on any atom is -0.466 e. The molecule has 1 heterocycles. The van der Waals surface area contributed by atoms with E-state index in [1.807, 2.05) is 26.0 Å². The Labute approximate surface area is 146 Å². The fraction of sp³-hybridized carbons (Fsp3) is 0.389. The van der Waals surface area contributed by atoms with E-state index in [9.17, 15) is 14.4 Å². The first kappa shape index (κ1) is 18.5. The van der Waals surface area contributed by atoms with E-state index < -0.39 is 11.9 Å². The fourth-order valence-electron chi connectivity index (χ4n) is 2.76. The van der Waals surface area contributed by atoms with Crippen molar-refractivity contribution in [2.75, 3.05) is 31.5 Å². The number of amides is 1. The van der Waals surface area contributed by atoms with E-state index in [1.54, 1.807) is 18.0 Å². The third-order valence-corrected chi connectivity index (χ3v) is 4.20. The van der Waals surface area contributed by atoms with E-state index in [1.165, 1.54) is 14.2 Å². The quantitative estimate of drug-likeness (QED) is 0.663. The van der Waals surface area contributed by atoms with Gasteiger partial charge in [-0.3, -0.25) is 4.79 Å². The normalized spacial score (nSPS) is 16.1. The van der Waals surface area contributed by atoms with Gasteiger partial charge in [-0.2, -0.15) is 0 Å². The number of benzene rings is 1. The number of esters is 2.